The fourth-order valence-corrected chi connectivity index (χ4v) is 4.14. The molecule has 0 aliphatic heterocycles. The standard InChI is InChI=1S/C21H27N5O/c1-15-14-16(2)25(24-15)13-12-20(27)23-21-22-18-10-6-7-11-19(18)26(21)17-8-4-3-5-9-17/h6-7,10-11,14,17H,3-5,8-9,12-13H2,1-2H3,(H,22,23,27). The van der Waals surface area contributed by atoms with Crippen molar-refractivity contribution in [2.24, 2.45) is 0 Å². The molecule has 0 radical (unpaired) electrons. The zero-order valence-electron chi connectivity index (χ0n) is 16.1. The molecule has 0 bridgehead atoms. The van der Waals surface area contributed by atoms with Crippen LogP contribution in [-0.4, -0.2) is 25.2 Å². The molecule has 6 heteroatoms. The molecule has 1 saturated carbocycles. The Morgan fingerprint density at radius 1 is 1.19 bits per heavy atom. The van der Waals surface area contributed by atoms with E-state index in [4.69, 9.17) is 4.98 Å². The number of hydrogen-bond acceptors (Lipinski definition) is 3. The highest BCUT2D eigenvalue weighted by Crippen LogP contribution is 2.34. The monoisotopic (exact) mass is 365 g/mol. The maximum absolute atomic E-state index is 12.6. The first-order valence-electron chi connectivity index (χ1n) is 9.89. The number of nitrogens with one attached hydrogen (secondary N) is 1. The Morgan fingerprint density at radius 2 is 1.96 bits per heavy atom. The SMILES string of the molecule is Cc1cc(C)n(CCC(=O)Nc2nc3ccccc3n2C2CCCCC2)n1. The Balaban J connectivity index is 1.53. The van der Waals surface area contributed by atoms with Crippen molar-refractivity contribution < 1.29 is 4.79 Å². The van der Waals surface area contributed by atoms with Gasteiger partial charge in [0.05, 0.1) is 16.7 Å². The highest BCUT2D eigenvalue weighted by Gasteiger charge is 2.22. The number of rotatable bonds is 5. The summed E-state index contributed by atoms with van der Waals surface area (Å²) in [6, 6.07) is 10.6. The molecule has 6 nitrogen and oxygen atoms in total. The predicted molar refractivity (Wildman–Crippen MR) is 107 cm³/mol. The van der Waals surface area contributed by atoms with Gasteiger partial charge in [0.25, 0.3) is 0 Å². The third kappa shape index (κ3) is 3.75. The molecular formula is C21H27N5O. The summed E-state index contributed by atoms with van der Waals surface area (Å²) in [7, 11) is 0. The van der Waals surface area contributed by atoms with Crippen molar-refractivity contribution in [3.63, 3.8) is 0 Å². The van der Waals surface area contributed by atoms with Crippen LogP contribution in [-0.2, 0) is 11.3 Å². The molecule has 1 aromatic carbocycles. The molecule has 27 heavy (non-hydrogen) atoms. The first-order chi connectivity index (χ1) is 13.1. The molecule has 4 rings (SSSR count). The largest absolute Gasteiger partial charge is 0.307 e. The van der Waals surface area contributed by atoms with E-state index in [0.29, 0.717) is 25.0 Å². The van der Waals surface area contributed by atoms with Crippen molar-refractivity contribution in [2.75, 3.05) is 5.32 Å². The lowest BCUT2D eigenvalue weighted by molar-refractivity contribution is -0.116. The van der Waals surface area contributed by atoms with Gasteiger partial charge < -0.3 is 4.57 Å². The zero-order chi connectivity index (χ0) is 18.8. The van der Waals surface area contributed by atoms with Gasteiger partial charge in [0.2, 0.25) is 11.9 Å². The smallest absolute Gasteiger partial charge is 0.228 e. The Labute approximate surface area is 159 Å². The lowest BCUT2D eigenvalue weighted by Gasteiger charge is -2.25. The number of imidazole rings is 1. The first-order valence-corrected chi connectivity index (χ1v) is 9.89. The molecule has 0 spiro atoms. The highest BCUT2D eigenvalue weighted by atomic mass is 16.1. The van der Waals surface area contributed by atoms with E-state index in [-0.39, 0.29) is 5.91 Å². The second-order valence-corrected chi connectivity index (χ2v) is 7.53. The van der Waals surface area contributed by atoms with Crippen LogP contribution in [0.25, 0.3) is 11.0 Å². The van der Waals surface area contributed by atoms with Crippen LogP contribution < -0.4 is 5.32 Å². The normalized spacial score (nSPS) is 15.3. The van der Waals surface area contributed by atoms with Gasteiger partial charge in [-0.15, -0.1) is 0 Å². The number of nitrogens with zero attached hydrogens (tertiary/aromatic N) is 4. The number of para-hydroxylation sites is 2. The number of fused-ring (bicyclic) bond motifs is 1. The molecule has 0 saturated heterocycles. The van der Waals surface area contributed by atoms with Crippen molar-refractivity contribution in [1.82, 2.24) is 19.3 Å². The van der Waals surface area contributed by atoms with E-state index < -0.39 is 0 Å². The van der Waals surface area contributed by atoms with Gasteiger partial charge in [-0.05, 0) is 44.9 Å². The van der Waals surface area contributed by atoms with Gasteiger partial charge in [-0.25, -0.2) is 4.98 Å². The lowest BCUT2D eigenvalue weighted by Crippen LogP contribution is -2.21. The molecule has 1 fully saturated rings. The molecule has 2 heterocycles. The fourth-order valence-electron chi connectivity index (χ4n) is 4.14. The van der Waals surface area contributed by atoms with E-state index in [1.165, 1.54) is 19.3 Å². The van der Waals surface area contributed by atoms with Crippen LogP contribution in [0, 0.1) is 13.8 Å². The van der Waals surface area contributed by atoms with Crippen LogP contribution in [0.3, 0.4) is 0 Å². The summed E-state index contributed by atoms with van der Waals surface area (Å²) < 4.78 is 4.13. The molecular weight excluding hydrogens is 338 g/mol. The van der Waals surface area contributed by atoms with Crippen LogP contribution in [0.15, 0.2) is 30.3 Å². The summed E-state index contributed by atoms with van der Waals surface area (Å²) in [5.41, 5.74) is 4.11. The number of benzene rings is 1. The first kappa shape index (κ1) is 17.8. The van der Waals surface area contributed by atoms with E-state index in [0.717, 1.165) is 35.3 Å². The van der Waals surface area contributed by atoms with E-state index in [9.17, 15) is 4.79 Å². The summed E-state index contributed by atoms with van der Waals surface area (Å²) in [6.07, 6.45) is 6.46. The van der Waals surface area contributed by atoms with E-state index in [1.54, 1.807) is 0 Å². The number of aromatic nitrogens is 4. The van der Waals surface area contributed by atoms with Gasteiger partial charge >= 0.3 is 0 Å². The Morgan fingerprint density at radius 3 is 2.70 bits per heavy atom. The fraction of sp³-hybridized carbons (Fsp3) is 0.476. The van der Waals surface area contributed by atoms with Gasteiger partial charge in [-0.1, -0.05) is 31.4 Å². The summed E-state index contributed by atoms with van der Waals surface area (Å²) in [5, 5.41) is 7.50. The third-order valence-electron chi connectivity index (χ3n) is 5.44. The number of hydrogen-bond donors (Lipinski definition) is 1. The van der Waals surface area contributed by atoms with E-state index in [2.05, 4.69) is 21.0 Å². The average Bonchev–Trinajstić information content (AvgIpc) is 3.19. The van der Waals surface area contributed by atoms with Crippen LogP contribution in [0.5, 0.6) is 0 Å². The average molecular weight is 365 g/mol. The van der Waals surface area contributed by atoms with Crippen LogP contribution in [0.1, 0.15) is 56.0 Å². The molecule has 1 N–H and O–H groups in total. The predicted octanol–water partition coefficient (Wildman–Crippen LogP) is 4.38. The number of aryl methyl sites for hydroxylation is 3. The van der Waals surface area contributed by atoms with E-state index >= 15 is 0 Å². The number of carbonyl (C=O) groups excluding carboxylic acids is 1. The molecule has 2 aromatic heterocycles. The molecule has 3 aromatic rings. The lowest BCUT2D eigenvalue weighted by atomic mass is 9.95. The van der Waals surface area contributed by atoms with Crippen molar-refractivity contribution in [3.05, 3.63) is 41.7 Å². The molecule has 0 unspecified atom stereocenters. The Bertz CT molecular complexity index is 949. The molecule has 142 valence electrons. The van der Waals surface area contributed by atoms with E-state index in [1.807, 2.05) is 42.8 Å². The van der Waals surface area contributed by atoms with Crippen molar-refractivity contribution >= 4 is 22.9 Å². The molecule has 1 amide bonds. The summed E-state index contributed by atoms with van der Waals surface area (Å²) >= 11 is 0. The maximum Gasteiger partial charge on any atom is 0.228 e. The number of carbonyl (C=O) groups is 1. The van der Waals surface area contributed by atoms with Gasteiger partial charge in [-0.2, -0.15) is 5.10 Å². The van der Waals surface area contributed by atoms with Crippen LogP contribution >= 0.6 is 0 Å². The second-order valence-electron chi connectivity index (χ2n) is 7.53. The topological polar surface area (TPSA) is 64.7 Å². The number of anilines is 1. The maximum atomic E-state index is 12.6. The molecule has 1 aliphatic rings. The third-order valence-corrected chi connectivity index (χ3v) is 5.44. The highest BCUT2D eigenvalue weighted by molar-refractivity contribution is 5.91. The van der Waals surface area contributed by atoms with Gasteiger partial charge in [0.1, 0.15) is 0 Å². The van der Waals surface area contributed by atoms with Gasteiger partial charge in [0.15, 0.2) is 0 Å². The number of amides is 1. The minimum Gasteiger partial charge on any atom is -0.307 e. The minimum atomic E-state index is -0.0186. The Hall–Kier alpha value is -2.63. The molecule has 0 atom stereocenters. The van der Waals surface area contributed by atoms with Gasteiger partial charge in [-0.3, -0.25) is 14.8 Å². The van der Waals surface area contributed by atoms with Crippen LogP contribution in [0.4, 0.5) is 5.95 Å². The molecule has 1 aliphatic carbocycles. The quantitative estimate of drug-likeness (QED) is 0.729. The summed E-state index contributed by atoms with van der Waals surface area (Å²) in [5.74, 6) is 0.663. The summed E-state index contributed by atoms with van der Waals surface area (Å²) in [6.45, 7) is 4.56. The van der Waals surface area contributed by atoms with Crippen molar-refractivity contribution in [3.8, 4) is 0 Å². The Kier molecular flexibility index (Phi) is 4.97. The minimum absolute atomic E-state index is 0.0186. The van der Waals surface area contributed by atoms with Crippen molar-refractivity contribution in [1.29, 1.82) is 0 Å². The second kappa shape index (κ2) is 7.55. The zero-order valence-corrected chi connectivity index (χ0v) is 16.1. The summed E-state index contributed by atoms with van der Waals surface area (Å²) in [4.78, 5) is 17.3. The van der Waals surface area contributed by atoms with Crippen LogP contribution in [0.2, 0.25) is 0 Å². The van der Waals surface area contributed by atoms with Crippen molar-refractivity contribution in [2.45, 2.75) is 65.0 Å². The van der Waals surface area contributed by atoms with Gasteiger partial charge in [0, 0.05) is 24.7 Å².